The Kier molecular flexibility index (Phi) is 6.81. The number of hydrogen-bond donors (Lipinski definition) is 2. The molecule has 1 fully saturated rings. The van der Waals surface area contributed by atoms with Gasteiger partial charge < -0.3 is 10.2 Å². The first-order valence-corrected chi connectivity index (χ1v) is 14.7. The number of aromatic nitrogens is 2. The standard InChI is InChI=1S/C34H36FN5O/c1-39-18-20-40(21-19-39)22-23-10-12-24(13-11-23)31-34(25-6-3-2-4-7-25,26-14-16-27(35)17-15-26)32-30-28(33(41)38-37-32)8-5-9-29(30)36-31/h2-4,6-7,10-17,29,31,36H,5,8-9,18-22H2,1H3,(H,38,41). The lowest BCUT2D eigenvalue weighted by atomic mass is 9.60. The second kappa shape index (κ2) is 10.6. The first-order chi connectivity index (χ1) is 20.0. The highest BCUT2D eigenvalue weighted by atomic mass is 19.1. The van der Waals surface area contributed by atoms with Crippen LogP contribution < -0.4 is 10.9 Å². The van der Waals surface area contributed by atoms with Gasteiger partial charge in [0.05, 0.1) is 17.2 Å². The molecular weight excluding hydrogens is 513 g/mol. The number of nitrogens with zero attached hydrogens (tertiary/aromatic N) is 3. The normalized spacial score (nSPS) is 24.6. The van der Waals surface area contributed by atoms with Crippen molar-refractivity contribution in [3.05, 3.63) is 134 Å². The minimum Gasteiger partial charge on any atom is -0.304 e. The fourth-order valence-corrected chi connectivity index (χ4v) is 7.29. The predicted molar refractivity (Wildman–Crippen MR) is 158 cm³/mol. The maximum atomic E-state index is 14.3. The summed E-state index contributed by atoms with van der Waals surface area (Å²) in [5.74, 6) is -0.278. The van der Waals surface area contributed by atoms with Crippen molar-refractivity contribution >= 4 is 0 Å². The zero-order chi connectivity index (χ0) is 28.0. The molecule has 2 N–H and O–H groups in total. The highest BCUT2D eigenvalue weighted by molar-refractivity contribution is 5.58. The quantitative estimate of drug-likeness (QED) is 0.378. The molecule has 2 aliphatic heterocycles. The Morgan fingerprint density at radius 2 is 1.63 bits per heavy atom. The number of halogens is 1. The Morgan fingerprint density at radius 3 is 2.37 bits per heavy atom. The molecule has 3 unspecified atom stereocenters. The van der Waals surface area contributed by atoms with E-state index in [0.717, 1.165) is 85.5 Å². The van der Waals surface area contributed by atoms with E-state index in [0.29, 0.717) is 0 Å². The van der Waals surface area contributed by atoms with Gasteiger partial charge in [0.2, 0.25) is 0 Å². The SMILES string of the molecule is CN1CCN(Cc2ccc(C3NC4CCCc5c4c(n[nH]c5=O)C3(c3ccccc3)c3ccc(F)cc3)cc2)CC1. The van der Waals surface area contributed by atoms with Crippen LogP contribution in [0, 0.1) is 5.82 Å². The summed E-state index contributed by atoms with van der Waals surface area (Å²) in [6, 6.07) is 26.0. The molecule has 41 heavy (non-hydrogen) atoms. The van der Waals surface area contributed by atoms with Crippen LogP contribution in [0.2, 0.25) is 0 Å². The number of likely N-dealkylation sites (N-methyl/N-ethyl adjacent to an activating group) is 1. The lowest BCUT2D eigenvalue weighted by molar-refractivity contribution is 0.148. The fraction of sp³-hybridized carbons (Fsp3) is 0.353. The number of H-pyrrole nitrogens is 1. The Labute approximate surface area is 240 Å². The van der Waals surface area contributed by atoms with Gasteiger partial charge >= 0.3 is 0 Å². The topological polar surface area (TPSA) is 64.3 Å². The number of hydrogen-bond acceptors (Lipinski definition) is 5. The first-order valence-electron chi connectivity index (χ1n) is 14.7. The van der Waals surface area contributed by atoms with E-state index < -0.39 is 5.41 Å². The molecule has 1 aromatic heterocycles. The molecule has 0 bridgehead atoms. The van der Waals surface area contributed by atoms with Crippen molar-refractivity contribution in [2.45, 2.75) is 43.3 Å². The van der Waals surface area contributed by atoms with Crippen LogP contribution >= 0.6 is 0 Å². The van der Waals surface area contributed by atoms with Gasteiger partial charge in [0, 0.05) is 49.9 Å². The molecule has 7 rings (SSSR count). The molecule has 7 heteroatoms. The van der Waals surface area contributed by atoms with Crippen molar-refractivity contribution in [3.8, 4) is 0 Å². The molecule has 3 aliphatic rings. The van der Waals surface area contributed by atoms with Crippen molar-refractivity contribution in [1.82, 2.24) is 25.3 Å². The molecule has 0 amide bonds. The van der Waals surface area contributed by atoms with Gasteiger partial charge in [-0.05, 0) is 60.7 Å². The Bertz CT molecular complexity index is 1580. The minimum absolute atomic E-state index is 0.0239. The highest BCUT2D eigenvalue weighted by Gasteiger charge is 2.53. The maximum absolute atomic E-state index is 14.3. The van der Waals surface area contributed by atoms with Gasteiger partial charge in [-0.25, -0.2) is 9.49 Å². The van der Waals surface area contributed by atoms with E-state index in [1.807, 2.05) is 30.3 Å². The number of rotatable bonds is 5. The van der Waals surface area contributed by atoms with Gasteiger partial charge in [0.15, 0.2) is 0 Å². The van der Waals surface area contributed by atoms with E-state index in [1.165, 1.54) is 17.7 Å². The summed E-state index contributed by atoms with van der Waals surface area (Å²) in [7, 11) is 2.18. The smallest absolute Gasteiger partial charge is 0.267 e. The largest absolute Gasteiger partial charge is 0.304 e. The number of benzene rings is 3. The predicted octanol–water partition coefficient (Wildman–Crippen LogP) is 4.71. The van der Waals surface area contributed by atoms with Crippen LogP contribution in [0.4, 0.5) is 4.39 Å². The highest BCUT2D eigenvalue weighted by Crippen LogP contribution is 2.54. The van der Waals surface area contributed by atoms with Crippen LogP contribution in [-0.4, -0.2) is 53.2 Å². The van der Waals surface area contributed by atoms with Gasteiger partial charge in [-0.3, -0.25) is 9.69 Å². The van der Waals surface area contributed by atoms with Crippen LogP contribution in [0.3, 0.4) is 0 Å². The first kappa shape index (κ1) is 26.3. The van der Waals surface area contributed by atoms with E-state index in [1.54, 1.807) is 0 Å². The molecule has 0 radical (unpaired) electrons. The minimum atomic E-state index is -0.782. The zero-order valence-electron chi connectivity index (χ0n) is 23.4. The molecule has 0 spiro atoms. The molecule has 1 aliphatic carbocycles. The molecule has 3 heterocycles. The van der Waals surface area contributed by atoms with E-state index >= 15 is 0 Å². The molecule has 4 aromatic rings. The molecule has 1 saturated heterocycles. The summed E-state index contributed by atoms with van der Waals surface area (Å²) in [5.41, 5.74) is 6.23. The monoisotopic (exact) mass is 549 g/mol. The summed E-state index contributed by atoms with van der Waals surface area (Å²) in [5, 5.41) is 11.7. The summed E-state index contributed by atoms with van der Waals surface area (Å²) < 4.78 is 14.3. The van der Waals surface area contributed by atoms with Crippen molar-refractivity contribution < 1.29 is 4.39 Å². The average molecular weight is 550 g/mol. The van der Waals surface area contributed by atoms with Gasteiger partial charge in [-0.2, -0.15) is 5.10 Å². The van der Waals surface area contributed by atoms with Gasteiger partial charge in [0.1, 0.15) is 5.82 Å². The Balaban J connectivity index is 1.40. The number of piperazine rings is 1. The van der Waals surface area contributed by atoms with Gasteiger partial charge in [-0.1, -0.05) is 66.7 Å². The van der Waals surface area contributed by atoms with Crippen LogP contribution in [0.15, 0.2) is 83.7 Å². The summed E-state index contributed by atoms with van der Waals surface area (Å²) in [6.07, 6.45) is 2.62. The van der Waals surface area contributed by atoms with E-state index in [2.05, 4.69) is 63.7 Å². The third-order valence-electron chi connectivity index (χ3n) is 9.41. The fourth-order valence-electron chi connectivity index (χ4n) is 7.29. The third-order valence-corrected chi connectivity index (χ3v) is 9.41. The lowest BCUT2D eigenvalue weighted by Crippen LogP contribution is -2.52. The second-order valence-corrected chi connectivity index (χ2v) is 11.8. The lowest BCUT2D eigenvalue weighted by Gasteiger charge is -2.50. The Hall–Kier alpha value is -3.65. The van der Waals surface area contributed by atoms with Crippen LogP contribution in [0.25, 0.3) is 0 Å². The van der Waals surface area contributed by atoms with Gasteiger partial charge in [-0.15, -0.1) is 0 Å². The molecule has 6 nitrogen and oxygen atoms in total. The second-order valence-electron chi connectivity index (χ2n) is 11.8. The maximum Gasteiger partial charge on any atom is 0.267 e. The molecular formula is C34H36FN5O. The van der Waals surface area contributed by atoms with Crippen molar-refractivity contribution in [2.24, 2.45) is 0 Å². The average Bonchev–Trinajstić information content (AvgIpc) is 3.01. The third kappa shape index (κ3) is 4.53. The summed E-state index contributed by atoms with van der Waals surface area (Å²) >= 11 is 0. The van der Waals surface area contributed by atoms with Crippen LogP contribution in [0.5, 0.6) is 0 Å². The van der Waals surface area contributed by atoms with E-state index in [4.69, 9.17) is 5.10 Å². The molecule has 3 atom stereocenters. The van der Waals surface area contributed by atoms with Gasteiger partial charge in [0.25, 0.3) is 5.56 Å². The van der Waals surface area contributed by atoms with Crippen molar-refractivity contribution in [2.75, 3.05) is 33.2 Å². The number of nitrogens with one attached hydrogen (secondary N) is 2. The summed E-state index contributed by atoms with van der Waals surface area (Å²) in [6.45, 7) is 5.29. The van der Waals surface area contributed by atoms with E-state index in [-0.39, 0.29) is 23.5 Å². The van der Waals surface area contributed by atoms with Crippen LogP contribution in [-0.2, 0) is 18.4 Å². The molecule has 210 valence electrons. The Morgan fingerprint density at radius 1 is 0.927 bits per heavy atom. The summed E-state index contributed by atoms with van der Waals surface area (Å²) in [4.78, 5) is 17.9. The van der Waals surface area contributed by atoms with E-state index in [9.17, 15) is 9.18 Å². The molecule has 0 saturated carbocycles. The number of aromatic amines is 1. The van der Waals surface area contributed by atoms with Crippen molar-refractivity contribution in [3.63, 3.8) is 0 Å². The zero-order valence-corrected chi connectivity index (χ0v) is 23.4. The van der Waals surface area contributed by atoms with Crippen molar-refractivity contribution in [1.29, 1.82) is 0 Å². The molecule has 3 aromatic carbocycles. The van der Waals surface area contributed by atoms with Crippen LogP contribution in [0.1, 0.15) is 64.0 Å².